The monoisotopic (exact) mass is 405 g/mol. The van der Waals surface area contributed by atoms with Gasteiger partial charge in [-0.2, -0.15) is 4.31 Å². The van der Waals surface area contributed by atoms with E-state index in [1.54, 1.807) is 33.8 Å². The second-order valence-electron chi connectivity index (χ2n) is 4.87. The van der Waals surface area contributed by atoms with Gasteiger partial charge < -0.3 is 0 Å². The van der Waals surface area contributed by atoms with Crippen LogP contribution in [0.5, 0.6) is 0 Å². The molecule has 1 aromatic carbocycles. The van der Waals surface area contributed by atoms with Crippen LogP contribution in [0.2, 0.25) is 5.02 Å². The lowest BCUT2D eigenvalue weighted by Gasteiger charge is -2.23. The summed E-state index contributed by atoms with van der Waals surface area (Å²) in [6.07, 6.45) is 1.76. The van der Waals surface area contributed by atoms with Crippen molar-refractivity contribution < 1.29 is 8.42 Å². The van der Waals surface area contributed by atoms with Crippen LogP contribution >= 0.6 is 38.9 Å². The Morgan fingerprint density at radius 3 is 2.81 bits per heavy atom. The molecule has 1 aliphatic heterocycles. The third-order valence-electron chi connectivity index (χ3n) is 3.57. The number of hydrogen-bond acceptors (Lipinski definition) is 3. The van der Waals surface area contributed by atoms with E-state index >= 15 is 0 Å². The summed E-state index contributed by atoms with van der Waals surface area (Å²) in [7, 11) is -3.50. The van der Waals surface area contributed by atoms with Gasteiger partial charge in [0, 0.05) is 15.9 Å². The van der Waals surface area contributed by atoms with Crippen LogP contribution in [0.4, 0.5) is 0 Å². The quantitative estimate of drug-likeness (QED) is 0.741. The van der Waals surface area contributed by atoms with E-state index in [4.69, 9.17) is 11.6 Å². The van der Waals surface area contributed by atoms with Crippen molar-refractivity contribution in [2.45, 2.75) is 23.8 Å². The van der Waals surface area contributed by atoms with Crippen LogP contribution in [0.1, 0.15) is 23.8 Å². The van der Waals surface area contributed by atoms with Crippen LogP contribution in [0, 0.1) is 0 Å². The summed E-state index contributed by atoms with van der Waals surface area (Å²) in [6, 6.07) is 8.65. The van der Waals surface area contributed by atoms with Crippen molar-refractivity contribution in [2.75, 3.05) is 6.54 Å². The second kappa shape index (κ2) is 6.01. The van der Waals surface area contributed by atoms with Gasteiger partial charge in [-0.15, -0.1) is 11.3 Å². The first-order valence-electron chi connectivity index (χ1n) is 6.50. The third-order valence-corrected chi connectivity index (χ3v) is 7.66. The molecule has 1 fully saturated rings. The number of rotatable bonds is 3. The van der Waals surface area contributed by atoms with Crippen LogP contribution in [-0.4, -0.2) is 19.3 Å². The van der Waals surface area contributed by atoms with E-state index in [0.29, 0.717) is 16.0 Å². The predicted octanol–water partition coefficient (Wildman–Crippen LogP) is 4.69. The van der Waals surface area contributed by atoms with Gasteiger partial charge in [-0.05, 0) is 58.4 Å². The number of sulfonamides is 1. The van der Waals surface area contributed by atoms with Crippen molar-refractivity contribution in [3.05, 3.63) is 50.1 Å². The zero-order valence-electron chi connectivity index (χ0n) is 11.0. The molecule has 0 amide bonds. The molecule has 7 heteroatoms. The molecule has 0 bridgehead atoms. The average molecular weight is 407 g/mol. The van der Waals surface area contributed by atoms with Crippen molar-refractivity contribution in [3.63, 3.8) is 0 Å². The Bertz CT molecular complexity index is 746. The minimum atomic E-state index is -3.50. The van der Waals surface area contributed by atoms with Crippen molar-refractivity contribution in [1.29, 1.82) is 0 Å². The molecule has 1 aliphatic rings. The summed E-state index contributed by atoms with van der Waals surface area (Å²) >= 11 is 10.8. The summed E-state index contributed by atoms with van der Waals surface area (Å²) in [5, 5.41) is 2.49. The second-order valence-corrected chi connectivity index (χ2v) is 9.00. The number of nitrogens with zero attached hydrogens (tertiary/aromatic N) is 1. The number of thiophene rings is 1. The predicted molar refractivity (Wildman–Crippen MR) is 89.3 cm³/mol. The molecule has 1 atom stereocenters. The smallest absolute Gasteiger partial charge is 0.207 e. The minimum absolute atomic E-state index is 0.0514. The van der Waals surface area contributed by atoms with Gasteiger partial charge in [0.15, 0.2) is 0 Å². The SMILES string of the molecule is O=S(=O)(c1ccc(Cl)c(Br)c1)N1CCCC1c1cccs1. The molecule has 2 heterocycles. The molecule has 0 spiro atoms. The van der Waals surface area contributed by atoms with E-state index in [0.717, 1.165) is 17.7 Å². The molecule has 2 aromatic rings. The Morgan fingerprint density at radius 2 is 2.14 bits per heavy atom. The normalized spacial score (nSPS) is 20.0. The fourth-order valence-corrected chi connectivity index (χ4v) is 5.85. The first kappa shape index (κ1) is 15.5. The molecule has 1 aromatic heterocycles. The lowest BCUT2D eigenvalue weighted by Crippen LogP contribution is -2.30. The molecule has 3 rings (SSSR count). The molecule has 1 unspecified atom stereocenters. The molecule has 0 saturated carbocycles. The van der Waals surface area contributed by atoms with E-state index in [1.165, 1.54) is 0 Å². The summed E-state index contributed by atoms with van der Waals surface area (Å²) in [4.78, 5) is 1.38. The van der Waals surface area contributed by atoms with Crippen molar-refractivity contribution >= 4 is 48.9 Å². The zero-order valence-corrected chi connectivity index (χ0v) is 15.0. The maximum Gasteiger partial charge on any atom is 0.243 e. The number of halogens is 2. The lowest BCUT2D eigenvalue weighted by molar-refractivity contribution is 0.401. The molecular formula is C14H13BrClNO2S2. The maximum atomic E-state index is 12.9. The first-order chi connectivity index (χ1) is 10.00. The first-order valence-corrected chi connectivity index (χ1v) is 9.99. The van der Waals surface area contributed by atoms with Crippen LogP contribution in [0.25, 0.3) is 0 Å². The molecular weight excluding hydrogens is 394 g/mol. The van der Waals surface area contributed by atoms with E-state index in [-0.39, 0.29) is 10.9 Å². The summed E-state index contributed by atoms with van der Waals surface area (Å²) in [6.45, 7) is 0.561. The Kier molecular flexibility index (Phi) is 4.43. The van der Waals surface area contributed by atoms with Gasteiger partial charge in [-0.1, -0.05) is 17.7 Å². The standard InChI is InChI=1S/C14H13BrClNO2S2/c15-11-9-10(5-6-12(11)16)21(18,19)17-7-1-3-13(17)14-4-2-8-20-14/h2,4-6,8-9,13H,1,3,7H2. The molecule has 21 heavy (non-hydrogen) atoms. The summed E-state index contributed by atoms with van der Waals surface area (Å²) in [5.41, 5.74) is 0. The molecule has 0 radical (unpaired) electrons. The van der Waals surface area contributed by atoms with Crippen molar-refractivity contribution in [3.8, 4) is 0 Å². The molecule has 0 N–H and O–H groups in total. The van der Waals surface area contributed by atoms with Gasteiger partial charge in [-0.25, -0.2) is 8.42 Å². The summed E-state index contributed by atoms with van der Waals surface area (Å²) in [5.74, 6) is 0. The topological polar surface area (TPSA) is 37.4 Å². The highest BCUT2D eigenvalue weighted by Gasteiger charge is 2.36. The van der Waals surface area contributed by atoms with E-state index in [1.807, 2.05) is 17.5 Å². The highest BCUT2D eigenvalue weighted by Crippen LogP contribution is 2.39. The molecule has 1 saturated heterocycles. The Hall–Kier alpha value is -0.400. The number of benzene rings is 1. The van der Waals surface area contributed by atoms with Gasteiger partial charge >= 0.3 is 0 Å². The Balaban J connectivity index is 1.99. The van der Waals surface area contributed by atoms with Crippen molar-refractivity contribution in [1.82, 2.24) is 4.31 Å². The van der Waals surface area contributed by atoms with Crippen LogP contribution in [-0.2, 0) is 10.0 Å². The highest BCUT2D eigenvalue weighted by molar-refractivity contribution is 9.10. The Morgan fingerprint density at radius 1 is 1.33 bits per heavy atom. The summed E-state index contributed by atoms with van der Waals surface area (Å²) < 4.78 is 27.9. The van der Waals surface area contributed by atoms with Gasteiger partial charge in [0.25, 0.3) is 0 Å². The molecule has 112 valence electrons. The van der Waals surface area contributed by atoms with Gasteiger partial charge in [0.2, 0.25) is 10.0 Å². The van der Waals surface area contributed by atoms with Crippen LogP contribution < -0.4 is 0 Å². The van der Waals surface area contributed by atoms with E-state index in [2.05, 4.69) is 15.9 Å². The number of hydrogen-bond donors (Lipinski definition) is 0. The minimum Gasteiger partial charge on any atom is -0.207 e. The fraction of sp³-hybridized carbons (Fsp3) is 0.286. The van der Waals surface area contributed by atoms with E-state index in [9.17, 15) is 8.42 Å². The largest absolute Gasteiger partial charge is 0.243 e. The molecule has 0 aliphatic carbocycles. The average Bonchev–Trinajstić information content (AvgIpc) is 3.11. The highest BCUT2D eigenvalue weighted by atomic mass is 79.9. The molecule has 3 nitrogen and oxygen atoms in total. The third kappa shape index (κ3) is 2.92. The van der Waals surface area contributed by atoms with Crippen molar-refractivity contribution in [2.24, 2.45) is 0 Å². The van der Waals surface area contributed by atoms with Gasteiger partial charge in [0.1, 0.15) is 0 Å². The fourth-order valence-electron chi connectivity index (χ4n) is 2.57. The zero-order chi connectivity index (χ0) is 15.0. The lowest BCUT2D eigenvalue weighted by atomic mass is 10.2. The van der Waals surface area contributed by atoms with E-state index < -0.39 is 10.0 Å². The Labute approximate surface area is 141 Å². The van der Waals surface area contributed by atoms with Crippen LogP contribution in [0.15, 0.2) is 45.1 Å². The maximum absolute atomic E-state index is 12.9. The van der Waals surface area contributed by atoms with Gasteiger partial charge in [-0.3, -0.25) is 0 Å². The van der Waals surface area contributed by atoms with Gasteiger partial charge in [0.05, 0.1) is 16.0 Å². The van der Waals surface area contributed by atoms with Crippen LogP contribution in [0.3, 0.4) is 0 Å².